The summed E-state index contributed by atoms with van der Waals surface area (Å²) < 4.78 is 5.30. The van der Waals surface area contributed by atoms with Crippen molar-refractivity contribution in [1.29, 1.82) is 0 Å². The van der Waals surface area contributed by atoms with Crippen molar-refractivity contribution in [3.05, 3.63) is 44.6 Å². The van der Waals surface area contributed by atoms with Gasteiger partial charge in [0, 0.05) is 6.20 Å². The Bertz CT molecular complexity index is 714. The maximum atomic E-state index is 11.7. The van der Waals surface area contributed by atoms with Gasteiger partial charge >= 0.3 is 5.97 Å². The number of fused-ring (bicyclic) bond motifs is 1. The first-order valence-electron chi connectivity index (χ1n) is 4.66. The van der Waals surface area contributed by atoms with Crippen LogP contribution >= 0.6 is 0 Å². The second kappa shape index (κ2) is 3.78. The monoisotopic (exact) mass is 235 g/mol. The number of aromatic amines is 1. The highest BCUT2D eigenvalue weighted by molar-refractivity contribution is 5.93. The van der Waals surface area contributed by atoms with E-state index >= 15 is 0 Å². The quantitative estimate of drug-likeness (QED) is 0.496. The molecule has 2 rings (SSSR count). The van der Waals surface area contributed by atoms with Gasteiger partial charge in [0.05, 0.1) is 18.0 Å². The molecule has 0 aliphatic carbocycles. The first kappa shape index (κ1) is 10.9. The zero-order chi connectivity index (χ0) is 12.6. The molecule has 0 aliphatic heterocycles. The smallest absolute Gasteiger partial charge is 0.343 e. The Labute approximate surface area is 94.4 Å². The highest BCUT2D eigenvalue weighted by Crippen LogP contribution is 2.05. The van der Waals surface area contributed by atoms with E-state index in [2.05, 4.69) is 9.72 Å². The molecule has 2 heterocycles. The number of pyridine rings is 2. The Balaban J connectivity index is 2.87. The number of aromatic nitrogens is 2. The Kier molecular flexibility index (Phi) is 2.43. The number of nitrogens with two attached hydrogens (primary N) is 1. The van der Waals surface area contributed by atoms with E-state index in [4.69, 9.17) is 5.84 Å². The molecule has 0 saturated heterocycles. The lowest BCUT2D eigenvalue weighted by molar-refractivity contribution is 0.0599. The first-order valence-corrected chi connectivity index (χ1v) is 4.66. The lowest BCUT2D eigenvalue weighted by Crippen LogP contribution is -2.28. The van der Waals surface area contributed by atoms with Crippen LogP contribution in [0, 0.1) is 0 Å². The summed E-state index contributed by atoms with van der Waals surface area (Å²) in [4.78, 5) is 36.9. The molecule has 3 N–H and O–H groups in total. The lowest BCUT2D eigenvalue weighted by Gasteiger charge is -2.03. The molecule has 88 valence electrons. The topological polar surface area (TPSA) is 107 Å². The van der Waals surface area contributed by atoms with Gasteiger partial charge in [0.25, 0.3) is 11.1 Å². The van der Waals surface area contributed by atoms with Gasteiger partial charge in [-0.25, -0.2) is 9.47 Å². The van der Waals surface area contributed by atoms with Crippen molar-refractivity contribution in [3.63, 3.8) is 0 Å². The molecule has 0 atom stereocenters. The molecule has 7 nitrogen and oxygen atoms in total. The molecule has 0 aromatic carbocycles. The fraction of sp³-hybridized carbons (Fsp3) is 0.100. The number of methoxy groups -OCH3 is 1. The number of rotatable bonds is 1. The Morgan fingerprint density at radius 3 is 2.82 bits per heavy atom. The summed E-state index contributed by atoms with van der Waals surface area (Å²) in [6, 6.07) is 2.64. The van der Waals surface area contributed by atoms with Crippen molar-refractivity contribution in [2.24, 2.45) is 0 Å². The van der Waals surface area contributed by atoms with Crippen LogP contribution in [-0.2, 0) is 4.74 Å². The number of nitrogens with zero attached hydrogens (tertiary/aromatic N) is 1. The standard InChI is InChI=1S/C10H9N3O4/c1-17-10(16)6-4-5-7(12-8(6)14)2-3-13(11)9(5)15/h2-4H,11H2,1H3,(H,12,14). The van der Waals surface area contributed by atoms with Crippen molar-refractivity contribution in [3.8, 4) is 0 Å². The van der Waals surface area contributed by atoms with E-state index in [1.54, 1.807) is 0 Å². The zero-order valence-electron chi connectivity index (χ0n) is 8.89. The molecular weight excluding hydrogens is 226 g/mol. The zero-order valence-corrected chi connectivity index (χ0v) is 8.89. The Morgan fingerprint density at radius 1 is 1.47 bits per heavy atom. The van der Waals surface area contributed by atoms with Crippen molar-refractivity contribution in [1.82, 2.24) is 9.66 Å². The normalized spacial score (nSPS) is 10.4. The number of H-pyrrole nitrogens is 1. The van der Waals surface area contributed by atoms with Gasteiger partial charge in [-0.1, -0.05) is 0 Å². The minimum Gasteiger partial charge on any atom is -0.465 e. The molecule has 0 bridgehead atoms. The fourth-order valence-electron chi connectivity index (χ4n) is 1.48. The van der Waals surface area contributed by atoms with Gasteiger partial charge in [0.1, 0.15) is 5.56 Å². The molecule has 17 heavy (non-hydrogen) atoms. The maximum Gasteiger partial charge on any atom is 0.343 e. The second-order valence-corrected chi connectivity index (χ2v) is 3.36. The van der Waals surface area contributed by atoms with Crippen molar-refractivity contribution < 1.29 is 9.53 Å². The predicted octanol–water partition coefficient (Wildman–Crippen LogP) is -0.810. The van der Waals surface area contributed by atoms with E-state index in [0.29, 0.717) is 5.52 Å². The summed E-state index contributed by atoms with van der Waals surface area (Å²) in [7, 11) is 1.15. The summed E-state index contributed by atoms with van der Waals surface area (Å²) >= 11 is 0. The van der Waals surface area contributed by atoms with Crippen molar-refractivity contribution in [2.45, 2.75) is 0 Å². The van der Waals surface area contributed by atoms with E-state index in [-0.39, 0.29) is 10.9 Å². The average Bonchev–Trinajstić information content (AvgIpc) is 2.32. The third-order valence-corrected chi connectivity index (χ3v) is 2.34. The third kappa shape index (κ3) is 1.67. The van der Waals surface area contributed by atoms with Crippen LogP contribution in [0.4, 0.5) is 0 Å². The number of hydrogen-bond acceptors (Lipinski definition) is 5. The predicted molar refractivity (Wildman–Crippen MR) is 60.3 cm³/mol. The lowest BCUT2D eigenvalue weighted by atomic mass is 10.2. The van der Waals surface area contributed by atoms with Crippen LogP contribution in [0.2, 0.25) is 0 Å². The van der Waals surface area contributed by atoms with Crippen molar-refractivity contribution in [2.75, 3.05) is 13.0 Å². The summed E-state index contributed by atoms with van der Waals surface area (Å²) in [6.45, 7) is 0. The summed E-state index contributed by atoms with van der Waals surface area (Å²) in [6.07, 6.45) is 1.32. The number of nitrogens with one attached hydrogen (secondary N) is 1. The number of carbonyl (C=O) groups excluding carboxylic acids is 1. The van der Waals surface area contributed by atoms with E-state index in [1.165, 1.54) is 18.3 Å². The van der Waals surface area contributed by atoms with Gasteiger partial charge in [0.15, 0.2) is 0 Å². The highest BCUT2D eigenvalue weighted by Gasteiger charge is 2.13. The van der Waals surface area contributed by atoms with Crippen LogP contribution in [0.5, 0.6) is 0 Å². The van der Waals surface area contributed by atoms with Gasteiger partial charge < -0.3 is 15.6 Å². The van der Waals surface area contributed by atoms with Gasteiger partial charge in [0.2, 0.25) is 0 Å². The molecule has 0 radical (unpaired) electrons. The number of nitrogen functional groups attached to an aromatic ring is 1. The molecule has 0 fully saturated rings. The fourth-order valence-corrected chi connectivity index (χ4v) is 1.48. The minimum absolute atomic E-state index is 0.148. The summed E-state index contributed by atoms with van der Waals surface area (Å²) in [5, 5.41) is 0.148. The third-order valence-electron chi connectivity index (χ3n) is 2.34. The molecule has 2 aromatic heterocycles. The second-order valence-electron chi connectivity index (χ2n) is 3.36. The van der Waals surface area contributed by atoms with Crippen molar-refractivity contribution >= 4 is 16.9 Å². The van der Waals surface area contributed by atoms with Crippen LogP contribution < -0.4 is 17.0 Å². The first-order chi connectivity index (χ1) is 8.04. The number of hydrogen-bond donors (Lipinski definition) is 2. The SMILES string of the molecule is COC(=O)c1cc2c(=O)n(N)ccc2[nH]c1=O. The molecule has 0 unspecified atom stereocenters. The number of carbonyl (C=O) groups is 1. The van der Waals surface area contributed by atoms with E-state index in [9.17, 15) is 14.4 Å². The molecule has 2 aromatic rings. The van der Waals surface area contributed by atoms with Crippen LogP contribution in [0.3, 0.4) is 0 Å². The molecule has 7 heteroatoms. The molecule has 0 spiro atoms. The van der Waals surface area contributed by atoms with E-state index in [0.717, 1.165) is 11.8 Å². The van der Waals surface area contributed by atoms with Crippen LogP contribution in [-0.4, -0.2) is 22.7 Å². The van der Waals surface area contributed by atoms with Crippen LogP contribution in [0.25, 0.3) is 10.9 Å². The number of esters is 1. The minimum atomic E-state index is -0.806. The van der Waals surface area contributed by atoms with Crippen LogP contribution in [0.1, 0.15) is 10.4 Å². The molecule has 0 aliphatic rings. The average molecular weight is 235 g/mol. The summed E-state index contributed by atoms with van der Waals surface area (Å²) in [5.74, 6) is 4.57. The van der Waals surface area contributed by atoms with Gasteiger partial charge in [-0.2, -0.15) is 0 Å². The molecular formula is C10H9N3O4. The maximum absolute atomic E-state index is 11.7. The largest absolute Gasteiger partial charge is 0.465 e. The highest BCUT2D eigenvalue weighted by atomic mass is 16.5. The molecule has 0 saturated carbocycles. The van der Waals surface area contributed by atoms with Gasteiger partial charge in [-0.3, -0.25) is 9.59 Å². The number of ether oxygens (including phenoxy) is 1. The van der Waals surface area contributed by atoms with E-state index in [1.807, 2.05) is 0 Å². The van der Waals surface area contributed by atoms with Gasteiger partial charge in [-0.05, 0) is 12.1 Å². The summed E-state index contributed by atoms with van der Waals surface area (Å²) in [5.41, 5.74) is -1.04. The Morgan fingerprint density at radius 2 is 2.18 bits per heavy atom. The molecule has 0 amide bonds. The van der Waals surface area contributed by atoms with Gasteiger partial charge in [-0.15, -0.1) is 0 Å². The Hall–Kier alpha value is -2.57. The van der Waals surface area contributed by atoms with E-state index < -0.39 is 17.1 Å². The van der Waals surface area contributed by atoms with Crippen LogP contribution in [0.15, 0.2) is 27.9 Å².